The first kappa shape index (κ1) is 23.9. The Hall–Kier alpha value is -1.83. The zero-order chi connectivity index (χ0) is 24.1. The fourth-order valence-electron chi connectivity index (χ4n) is 8.19. The van der Waals surface area contributed by atoms with Crippen molar-refractivity contribution in [3.05, 3.63) is 58.2 Å². The van der Waals surface area contributed by atoms with Crippen molar-refractivity contribution in [3.63, 3.8) is 0 Å². The fourth-order valence-corrected chi connectivity index (χ4v) is 8.19. The summed E-state index contributed by atoms with van der Waals surface area (Å²) in [6.07, 6.45) is 22.9. The lowest BCUT2D eigenvalue weighted by atomic mass is 9.58. The molecule has 1 saturated carbocycles. The van der Waals surface area contributed by atoms with Crippen molar-refractivity contribution in [1.82, 2.24) is 0 Å². The van der Waals surface area contributed by atoms with Gasteiger partial charge in [0.05, 0.1) is 5.41 Å². The van der Waals surface area contributed by atoms with E-state index in [0.717, 1.165) is 57.8 Å². The molecular formula is C32H44O2. The molecule has 0 amide bonds. The maximum absolute atomic E-state index is 13.9. The van der Waals surface area contributed by atoms with Crippen LogP contribution in [0, 0.1) is 28.6 Å². The van der Waals surface area contributed by atoms with Gasteiger partial charge in [-0.25, -0.2) is 0 Å². The Bertz CT molecular complexity index is 1000. The summed E-state index contributed by atoms with van der Waals surface area (Å²) in [7, 11) is 0. The van der Waals surface area contributed by atoms with Gasteiger partial charge in [0.1, 0.15) is 6.10 Å². The molecule has 1 heterocycles. The van der Waals surface area contributed by atoms with Crippen LogP contribution in [0.1, 0.15) is 98.8 Å². The number of carbonyl (C=O) groups excluding carboxylic acids is 1. The molecule has 0 aromatic rings. The van der Waals surface area contributed by atoms with Gasteiger partial charge in [0.2, 0.25) is 0 Å². The van der Waals surface area contributed by atoms with Crippen molar-refractivity contribution in [3.8, 4) is 0 Å². The highest BCUT2D eigenvalue weighted by atomic mass is 16.6. The fraction of sp³-hybridized carbons (Fsp3) is 0.656. The van der Waals surface area contributed by atoms with Gasteiger partial charge in [0.25, 0.3) is 0 Å². The lowest BCUT2D eigenvalue weighted by Crippen LogP contribution is -2.42. The van der Waals surface area contributed by atoms with Crippen LogP contribution in [0.4, 0.5) is 0 Å². The standard InChI is InChI=1S/C32H44O2/c1-21-10-8-12-22(2)16-17-25-28(18-23(3)13-9-11-21)34-30(33)32(25)20-31(5)19-27(32)29-24(4)14-6-7-15-26(29)31/h7,11-12,15,18,24-25,27-28H,6,8-10,13-14,16-17,19-20H2,1-5H3/b21-11+,22-12+,23-18+/t24-,25?,27-,28-,31-,32-/m0/s1. The minimum absolute atomic E-state index is 0.0723. The van der Waals surface area contributed by atoms with Crippen LogP contribution in [-0.4, -0.2) is 12.1 Å². The highest BCUT2D eigenvalue weighted by Crippen LogP contribution is 2.72. The zero-order valence-electron chi connectivity index (χ0n) is 22.1. The molecule has 2 bridgehead atoms. The van der Waals surface area contributed by atoms with Crippen LogP contribution in [-0.2, 0) is 9.53 Å². The molecule has 0 aromatic heterocycles. The Kier molecular flexibility index (Phi) is 6.32. The molecular weight excluding hydrogens is 416 g/mol. The van der Waals surface area contributed by atoms with Crippen LogP contribution >= 0.6 is 0 Å². The second kappa shape index (κ2) is 8.99. The molecule has 0 radical (unpaired) electrons. The quantitative estimate of drug-likeness (QED) is 0.268. The van der Waals surface area contributed by atoms with Gasteiger partial charge in [0.15, 0.2) is 0 Å². The van der Waals surface area contributed by atoms with E-state index in [-0.39, 0.29) is 28.8 Å². The SMILES string of the molecule is C/C1=C\CC/C(C)=C/[C@@H]2OC(=O)[C@@]3(C[C@]4(C)C[C@H]3C3=C4C=CCC[C@@H]3C)C2CC/C(C)=C/CC1. The lowest BCUT2D eigenvalue weighted by molar-refractivity contribution is -0.149. The number of ether oxygens (including phenoxy) is 1. The third-order valence-corrected chi connectivity index (χ3v) is 9.92. The van der Waals surface area contributed by atoms with Gasteiger partial charge in [-0.1, -0.05) is 60.4 Å². The van der Waals surface area contributed by atoms with Gasteiger partial charge in [-0.15, -0.1) is 0 Å². The van der Waals surface area contributed by atoms with Crippen LogP contribution in [0.5, 0.6) is 0 Å². The van der Waals surface area contributed by atoms with Gasteiger partial charge < -0.3 is 4.74 Å². The predicted molar refractivity (Wildman–Crippen MR) is 140 cm³/mol. The maximum Gasteiger partial charge on any atom is 0.313 e. The molecule has 2 fully saturated rings. The van der Waals surface area contributed by atoms with E-state index in [9.17, 15) is 4.79 Å². The summed E-state index contributed by atoms with van der Waals surface area (Å²) < 4.78 is 6.34. The van der Waals surface area contributed by atoms with E-state index in [1.54, 1.807) is 11.1 Å². The van der Waals surface area contributed by atoms with Crippen LogP contribution in [0.3, 0.4) is 0 Å². The normalized spacial score (nSPS) is 45.3. The van der Waals surface area contributed by atoms with Crippen molar-refractivity contribution < 1.29 is 9.53 Å². The van der Waals surface area contributed by atoms with Crippen LogP contribution in [0.15, 0.2) is 58.2 Å². The average Bonchev–Trinajstić information content (AvgIpc) is 3.26. The topological polar surface area (TPSA) is 26.3 Å². The summed E-state index contributed by atoms with van der Waals surface area (Å²) >= 11 is 0. The molecule has 1 spiro atoms. The van der Waals surface area contributed by atoms with Crippen LogP contribution in [0.2, 0.25) is 0 Å². The average molecular weight is 461 g/mol. The van der Waals surface area contributed by atoms with Crippen molar-refractivity contribution in [2.75, 3.05) is 0 Å². The second-order valence-corrected chi connectivity index (χ2v) is 12.5. The lowest BCUT2D eigenvalue weighted by Gasteiger charge is -2.41. The number of hydrogen-bond donors (Lipinski definition) is 0. The molecule has 5 aliphatic rings. The van der Waals surface area contributed by atoms with E-state index in [1.165, 1.54) is 23.1 Å². The van der Waals surface area contributed by atoms with Crippen LogP contribution < -0.4 is 0 Å². The zero-order valence-corrected chi connectivity index (χ0v) is 22.1. The molecule has 6 atom stereocenters. The molecule has 0 N–H and O–H groups in total. The van der Waals surface area contributed by atoms with Gasteiger partial charge in [0, 0.05) is 5.92 Å². The molecule has 5 rings (SSSR count). The monoisotopic (exact) mass is 460 g/mol. The molecule has 0 aromatic carbocycles. The first-order chi connectivity index (χ1) is 16.2. The summed E-state index contributed by atoms with van der Waals surface area (Å²) in [6, 6.07) is 0. The Morgan fingerprint density at radius 2 is 1.65 bits per heavy atom. The molecule has 1 aliphatic heterocycles. The first-order valence-corrected chi connectivity index (χ1v) is 13.9. The molecule has 2 nitrogen and oxygen atoms in total. The van der Waals surface area contributed by atoms with Crippen molar-refractivity contribution in [2.24, 2.45) is 28.6 Å². The molecule has 2 heteroatoms. The maximum atomic E-state index is 13.9. The van der Waals surface area contributed by atoms with Gasteiger partial charge >= 0.3 is 5.97 Å². The second-order valence-electron chi connectivity index (χ2n) is 12.5. The summed E-state index contributed by atoms with van der Waals surface area (Å²) in [6.45, 7) is 11.6. The first-order valence-electron chi connectivity index (χ1n) is 13.9. The van der Waals surface area contributed by atoms with E-state index in [0.29, 0.717) is 11.8 Å². The molecule has 4 aliphatic carbocycles. The van der Waals surface area contributed by atoms with Crippen molar-refractivity contribution >= 4 is 5.97 Å². The summed E-state index contributed by atoms with van der Waals surface area (Å²) in [5.41, 5.74) is 7.28. The minimum Gasteiger partial charge on any atom is -0.457 e. The third kappa shape index (κ3) is 3.90. The number of fused-ring (bicyclic) bond motifs is 7. The molecule has 34 heavy (non-hydrogen) atoms. The summed E-state index contributed by atoms with van der Waals surface area (Å²) in [4.78, 5) is 13.9. The van der Waals surface area contributed by atoms with Gasteiger partial charge in [-0.3, -0.25) is 4.79 Å². The number of esters is 1. The van der Waals surface area contributed by atoms with E-state index in [4.69, 9.17) is 4.74 Å². The van der Waals surface area contributed by atoms with E-state index >= 15 is 0 Å². The Balaban J connectivity index is 1.54. The van der Waals surface area contributed by atoms with E-state index < -0.39 is 0 Å². The summed E-state index contributed by atoms with van der Waals surface area (Å²) in [5.74, 6) is 1.30. The Morgan fingerprint density at radius 3 is 2.41 bits per heavy atom. The highest BCUT2D eigenvalue weighted by Gasteiger charge is 2.70. The van der Waals surface area contributed by atoms with Crippen molar-refractivity contribution in [2.45, 2.75) is 105 Å². The van der Waals surface area contributed by atoms with Crippen LogP contribution in [0.25, 0.3) is 0 Å². The minimum atomic E-state index is -0.338. The van der Waals surface area contributed by atoms with E-state index in [2.05, 4.69) is 65.0 Å². The Labute approximate surface area is 207 Å². The smallest absolute Gasteiger partial charge is 0.313 e. The van der Waals surface area contributed by atoms with Gasteiger partial charge in [-0.2, -0.15) is 0 Å². The molecule has 184 valence electrons. The number of carbonyl (C=O) groups is 1. The highest BCUT2D eigenvalue weighted by molar-refractivity contribution is 5.83. The molecule has 1 unspecified atom stereocenters. The largest absolute Gasteiger partial charge is 0.457 e. The summed E-state index contributed by atoms with van der Waals surface area (Å²) in [5, 5.41) is 0. The number of rotatable bonds is 0. The van der Waals surface area contributed by atoms with E-state index in [1.807, 2.05) is 0 Å². The van der Waals surface area contributed by atoms with Crippen molar-refractivity contribution in [1.29, 1.82) is 0 Å². The third-order valence-electron chi connectivity index (χ3n) is 9.92. The Morgan fingerprint density at radius 1 is 0.941 bits per heavy atom. The number of hydrogen-bond acceptors (Lipinski definition) is 2. The molecule has 1 saturated heterocycles. The number of allylic oxidation sites excluding steroid dienone is 9. The van der Waals surface area contributed by atoms with Gasteiger partial charge in [-0.05, 0) is 114 Å². The predicted octanol–water partition coefficient (Wildman–Crippen LogP) is 8.42.